The smallest absolute Gasteiger partial charge is 0.127 e. The molecule has 2 atom stereocenters. The van der Waals surface area contributed by atoms with Crippen molar-refractivity contribution < 1.29 is 4.39 Å². The average Bonchev–Trinajstić information content (AvgIpc) is 3.43. The molecule has 3 aliphatic rings. The maximum Gasteiger partial charge on any atom is 0.127 e. The van der Waals surface area contributed by atoms with Gasteiger partial charge in [-0.1, -0.05) is 37.4 Å². The summed E-state index contributed by atoms with van der Waals surface area (Å²) in [6.07, 6.45) is 4.38. The summed E-state index contributed by atoms with van der Waals surface area (Å²) in [4.78, 5) is 2.32. The molecule has 6 heteroatoms. The molecule has 2 fully saturated rings. The van der Waals surface area contributed by atoms with Crippen LogP contribution in [0.1, 0.15) is 54.3 Å². The minimum absolute atomic E-state index is 0.124. The first-order valence-corrected chi connectivity index (χ1v) is 11.0. The fourth-order valence-electron chi connectivity index (χ4n) is 4.91. The number of halogens is 1. The lowest BCUT2D eigenvalue weighted by molar-refractivity contribution is 0.331. The quantitative estimate of drug-likeness (QED) is 0.599. The molecule has 2 heterocycles. The van der Waals surface area contributed by atoms with Crippen LogP contribution in [0.5, 0.6) is 0 Å². The molecule has 2 aromatic rings. The van der Waals surface area contributed by atoms with Crippen LogP contribution in [0.25, 0.3) is 0 Å². The van der Waals surface area contributed by atoms with Gasteiger partial charge in [0, 0.05) is 17.3 Å². The van der Waals surface area contributed by atoms with Crippen molar-refractivity contribution in [3.8, 4) is 0 Å². The Morgan fingerprint density at radius 3 is 2.74 bits per heavy atom. The van der Waals surface area contributed by atoms with Gasteiger partial charge in [-0.25, -0.2) is 10.2 Å². The molecule has 0 bridgehead atoms. The van der Waals surface area contributed by atoms with Gasteiger partial charge in [-0.2, -0.15) is 0 Å². The van der Waals surface area contributed by atoms with Crippen molar-refractivity contribution in [3.63, 3.8) is 0 Å². The maximum absolute atomic E-state index is 15.0. The summed E-state index contributed by atoms with van der Waals surface area (Å²) < 4.78 is 15.0. The van der Waals surface area contributed by atoms with E-state index < -0.39 is 0 Å². The Balaban J connectivity index is 1.55. The van der Waals surface area contributed by atoms with E-state index in [-0.39, 0.29) is 17.9 Å². The molecule has 31 heavy (non-hydrogen) atoms. The van der Waals surface area contributed by atoms with E-state index in [9.17, 15) is 4.39 Å². The van der Waals surface area contributed by atoms with Gasteiger partial charge >= 0.3 is 0 Å². The monoisotopic (exact) mass is 419 g/mol. The first-order valence-electron chi connectivity index (χ1n) is 11.0. The summed E-state index contributed by atoms with van der Waals surface area (Å²) >= 11 is 0. The molecule has 0 aromatic heterocycles. The van der Waals surface area contributed by atoms with Gasteiger partial charge < -0.3 is 10.6 Å². The first-order chi connectivity index (χ1) is 14.9. The van der Waals surface area contributed by atoms with Crippen molar-refractivity contribution in [3.05, 3.63) is 83.6 Å². The number of likely N-dealkylation sites (N-methyl/N-ethyl adjacent to an activating group) is 1. The zero-order valence-electron chi connectivity index (χ0n) is 18.0. The van der Waals surface area contributed by atoms with Crippen molar-refractivity contribution in [2.45, 2.75) is 43.7 Å². The Hall–Kier alpha value is -2.83. The number of rotatable bonds is 6. The number of hydrogen-bond acceptors (Lipinski definition) is 5. The minimum atomic E-state index is -0.258. The molecule has 1 saturated carbocycles. The number of benzene rings is 2. The third-order valence-electron chi connectivity index (χ3n) is 6.83. The van der Waals surface area contributed by atoms with E-state index in [0.717, 1.165) is 66.0 Å². The summed E-state index contributed by atoms with van der Waals surface area (Å²) in [7, 11) is 2.13. The van der Waals surface area contributed by atoms with Crippen LogP contribution >= 0.6 is 0 Å². The van der Waals surface area contributed by atoms with E-state index in [2.05, 4.69) is 35.7 Å². The van der Waals surface area contributed by atoms with Crippen LogP contribution in [-0.4, -0.2) is 24.5 Å². The van der Waals surface area contributed by atoms with Crippen molar-refractivity contribution in [2.75, 3.05) is 23.9 Å². The van der Waals surface area contributed by atoms with E-state index in [0.29, 0.717) is 11.7 Å². The van der Waals surface area contributed by atoms with Gasteiger partial charge in [0.15, 0.2) is 0 Å². The first kappa shape index (κ1) is 20.1. The number of nitrogens with one attached hydrogen (secondary N) is 2. The molecule has 2 aromatic carbocycles. The molecule has 0 spiro atoms. The van der Waals surface area contributed by atoms with Crippen LogP contribution in [0.4, 0.5) is 15.8 Å². The summed E-state index contributed by atoms with van der Waals surface area (Å²) in [6.45, 7) is 9.41. The molecular formula is C25H30FN5. The number of hydrogen-bond donors (Lipinski definition) is 3. The Bertz CT molecular complexity index is 1040. The van der Waals surface area contributed by atoms with Gasteiger partial charge in [0.05, 0.1) is 17.4 Å². The van der Waals surface area contributed by atoms with Crippen molar-refractivity contribution in [1.29, 1.82) is 0 Å². The predicted octanol–water partition coefficient (Wildman–Crippen LogP) is 4.57. The Morgan fingerprint density at radius 2 is 2.06 bits per heavy atom. The maximum atomic E-state index is 15.0. The third-order valence-corrected chi connectivity index (χ3v) is 6.83. The minimum Gasteiger partial charge on any atom is -0.377 e. The normalized spacial score (nSPS) is 21.7. The Labute approximate surface area is 183 Å². The van der Waals surface area contributed by atoms with Crippen molar-refractivity contribution in [1.82, 2.24) is 10.2 Å². The van der Waals surface area contributed by atoms with Crippen LogP contribution < -0.4 is 21.5 Å². The third kappa shape index (κ3) is 3.60. The summed E-state index contributed by atoms with van der Waals surface area (Å²) in [5, 5.41) is 8.49. The number of anilines is 2. The van der Waals surface area contributed by atoms with E-state index in [4.69, 9.17) is 5.84 Å². The Morgan fingerprint density at radius 1 is 1.26 bits per heavy atom. The van der Waals surface area contributed by atoms with E-state index in [1.54, 1.807) is 11.1 Å². The van der Waals surface area contributed by atoms with E-state index in [1.807, 2.05) is 30.3 Å². The van der Waals surface area contributed by atoms with Crippen LogP contribution in [0, 0.1) is 5.82 Å². The molecule has 0 radical (unpaired) electrons. The second kappa shape index (κ2) is 7.70. The second-order valence-electron chi connectivity index (χ2n) is 8.98. The predicted molar refractivity (Wildman–Crippen MR) is 124 cm³/mol. The highest BCUT2D eigenvalue weighted by atomic mass is 19.1. The van der Waals surface area contributed by atoms with E-state index in [1.165, 1.54) is 0 Å². The fraction of sp³-hybridized carbons (Fsp3) is 0.360. The standard InChI is InChI=1S/C25H30FN5/c1-15(22-8-5-13-30(22)3)28-24(18-11-12-19(17-9-10-17)21(26)14-18)20-6-4-7-23-25(20)29-16(2)31(23)27/h4,6-7,11-12,14,17,22,24,28-29H,1-2,5,8-10,13,27H2,3H3. The average molecular weight is 420 g/mol. The van der Waals surface area contributed by atoms with Crippen LogP contribution in [0.15, 0.2) is 61.1 Å². The molecule has 1 aliphatic carbocycles. The lowest BCUT2D eigenvalue weighted by Crippen LogP contribution is -2.35. The van der Waals surface area contributed by atoms with Crippen LogP contribution in [0.2, 0.25) is 0 Å². The van der Waals surface area contributed by atoms with Gasteiger partial charge in [-0.3, -0.25) is 9.91 Å². The highest BCUT2D eigenvalue weighted by Gasteiger charge is 2.31. The number of nitrogens with two attached hydrogens (primary N) is 1. The molecule has 5 rings (SSSR count). The van der Waals surface area contributed by atoms with Gasteiger partial charge in [0.1, 0.15) is 11.6 Å². The highest BCUT2D eigenvalue weighted by molar-refractivity contribution is 5.83. The number of nitrogens with zero attached hydrogens (tertiary/aromatic N) is 2. The largest absolute Gasteiger partial charge is 0.377 e. The zero-order chi connectivity index (χ0) is 21.7. The molecule has 5 nitrogen and oxygen atoms in total. The molecule has 162 valence electrons. The van der Waals surface area contributed by atoms with E-state index >= 15 is 0 Å². The molecule has 2 aliphatic heterocycles. The number of likely N-dealkylation sites (tertiary alicyclic amines) is 1. The van der Waals surface area contributed by atoms with Crippen molar-refractivity contribution in [2.24, 2.45) is 5.84 Å². The number of para-hydroxylation sites is 1. The lowest BCUT2D eigenvalue weighted by atomic mass is 9.94. The van der Waals surface area contributed by atoms with Crippen LogP contribution in [0.3, 0.4) is 0 Å². The molecule has 0 amide bonds. The molecule has 4 N–H and O–H groups in total. The summed E-state index contributed by atoms with van der Waals surface area (Å²) in [5.41, 5.74) is 5.40. The lowest BCUT2D eigenvalue weighted by Gasteiger charge is -2.29. The zero-order valence-corrected chi connectivity index (χ0v) is 18.0. The topological polar surface area (TPSA) is 56.6 Å². The molecule has 2 unspecified atom stereocenters. The van der Waals surface area contributed by atoms with Crippen molar-refractivity contribution >= 4 is 11.4 Å². The summed E-state index contributed by atoms with van der Waals surface area (Å²) in [5.74, 6) is 7.03. The van der Waals surface area contributed by atoms with Crippen LogP contribution in [-0.2, 0) is 0 Å². The van der Waals surface area contributed by atoms with Gasteiger partial charge in [-0.15, -0.1) is 0 Å². The van der Waals surface area contributed by atoms with Gasteiger partial charge in [0.2, 0.25) is 0 Å². The van der Waals surface area contributed by atoms with Gasteiger partial charge in [-0.05, 0) is 68.5 Å². The molecule has 1 saturated heterocycles. The Kier molecular flexibility index (Phi) is 4.99. The second-order valence-corrected chi connectivity index (χ2v) is 8.98. The SMILES string of the molecule is C=C(NC(c1ccc(C2CC2)c(F)c1)c1cccc2c1NC(=C)N2N)C1CCCN1C. The number of hydrazine groups is 1. The summed E-state index contributed by atoms with van der Waals surface area (Å²) in [6, 6.07) is 11.7. The number of fused-ring (bicyclic) bond motifs is 1. The fourth-order valence-corrected chi connectivity index (χ4v) is 4.91. The molecular weight excluding hydrogens is 389 g/mol. The highest BCUT2D eigenvalue weighted by Crippen LogP contribution is 2.44. The van der Waals surface area contributed by atoms with Gasteiger partial charge in [0.25, 0.3) is 0 Å².